The van der Waals surface area contributed by atoms with E-state index in [-0.39, 0.29) is 23.9 Å². The molecule has 2 aromatic carbocycles. The predicted molar refractivity (Wildman–Crippen MR) is 123 cm³/mol. The maximum atomic E-state index is 13.4. The minimum atomic E-state index is -0.157. The van der Waals surface area contributed by atoms with Gasteiger partial charge in [-0.3, -0.25) is 0 Å². The average molecular weight is 447 g/mol. The number of methoxy groups -OCH3 is 1. The molecule has 0 aliphatic carbocycles. The standard InChI is InChI=1S/C25H26N4O4/c1-16-26-11-10-23(27-16)33-14-17-13-29(25(30)28-18-6-5-7-19(12-18)31-2)24-20-8-3-4-9-22(20)32-15-21(17)24/h3-12,17,21,24H,13-15H2,1-2H3,(H,28,30)/t17-,21-,24-/m0/s1. The van der Waals surface area contributed by atoms with Crippen LogP contribution in [0, 0.1) is 18.8 Å². The number of fused-ring (bicyclic) bond motifs is 3. The van der Waals surface area contributed by atoms with Crippen LogP contribution >= 0.6 is 0 Å². The fourth-order valence-electron chi connectivity index (χ4n) is 4.65. The second kappa shape index (κ2) is 8.97. The van der Waals surface area contributed by atoms with Crippen molar-refractivity contribution in [1.29, 1.82) is 0 Å². The van der Waals surface area contributed by atoms with Crippen molar-refractivity contribution in [3.05, 3.63) is 72.2 Å². The zero-order chi connectivity index (χ0) is 22.8. The Balaban J connectivity index is 1.39. The minimum Gasteiger partial charge on any atom is -0.497 e. The van der Waals surface area contributed by atoms with Crippen molar-refractivity contribution in [3.8, 4) is 17.4 Å². The molecule has 0 radical (unpaired) electrons. The number of amides is 2. The van der Waals surface area contributed by atoms with E-state index in [9.17, 15) is 4.79 Å². The number of aryl methyl sites for hydroxylation is 1. The van der Waals surface area contributed by atoms with E-state index in [0.717, 1.165) is 11.3 Å². The maximum Gasteiger partial charge on any atom is 0.322 e. The largest absolute Gasteiger partial charge is 0.497 e. The molecule has 8 nitrogen and oxygen atoms in total. The monoisotopic (exact) mass is 446 g/mol. The molecule has 0 spiro atoms. The first kappa shape index (κ1) is 21.1. The molecule has 2 aliphatic heterocycles. The molecule has 1 fully saturated rings. The number of hydrogen-bond acceptors (Lipinski definition) is 6. The quantitative estimate of drug-likeness (QED) is 0.636. The fourth-order valence-corrected chi connectivity index (χ4v) is 4.65. The summed E-state index contributed by atoms with van der Waals surface area (Å²) in [6.07, 6.45) is 1.68. The molecule has 1 N–H and O–H groups in total. The number of anilines is 1. The number of hydrogen-bond donors (Lipinski definition) is 1. The van der Waals surface area contributed by atoms with Crippen molar-refractivity contribution >= 4 is 11.7 Å². The Morgan fingerprint density at radius 1 is 1.21 bits per heavy atom. The van der Waals surface area contributed by atoms with Crippen molar-refractivity contribution < 1.29 is 19.0 Å². The summed E-state index contributed by atoms with van der Waals surface area (Å²) in [5, 5.41) is 3.03. The van der Waals surface area contributed by atoms with E-state index in [4.69, 9.17) is 14.2 Å². The molecule has 0 unspecified atom stereocenters. The van der Waals surface area contributed by atoms with E-state index in [1.54, 1.807) is 25.4 Å². The van der Waals surface area contributed by atoms with Crippen molar-refractivity contribution in [2.24, 2.45) is 11.8 Å². The third-order valence-corrected chi connectivity index (χ3v) is 6.22. The van der Waals surface area contributed by atoms with E-state index in [1.165, 1.54) is 0 Å². The lowest BCUT2D eigenvalue weighted by atomic mass is 9.86. The van der Waals surface area contributed by atoms with Gasteiger partial charge in [0.1, 0.15) is 17.3 Å². The summed E-state index contributed by atoms with van der Waals surface area (Å²) in [6.45, 7) is 3.34. The number of rotatable bonds is 5. The van der Waals surface area contributed by atoms with Gasteiger partial charge in [-0.05, 0) is 25.1 Å². The average Bonchev–Trinajstić information content (AvgIpc) is 3.22. The second-order valence-electron chi connectivity index (χ2n) is 8.29. The number of nitrogens with zero attached hydrogens (tertiary/aromatic N) is 3. The molecule has 0 bridgehead atoms. The molecule has 170 valence electrons. The van der Waals surface area contributed by atoms with Gasteiger partial charge in [0.15, 0.2) is 0 Å². The number of nitrogens with one attached hydrogen (secondary N) is 1. The van der Waals surface area contributed by atoms with E-state index < -0.39 is 0 Å². The Morgan fingerprint density at radius 2 is 2.09 bits per heavy atom. The van der Waals surface area contributed by atoms with Crippen LogP contribution in [0.15, 0.2) is 60.8 Å². The van der Waals surface area contributed by atoms with Crippen LogP contribution in [-0.2, 0) is 0 Å². The number of carbonyl (C=O) groups is 1. The van der Waals surface area contributed by atoms with E-state index >= 15 is 0 Å². The molecule has 1 saturated heterocycles. The van der Waals surface area contributed by atoms with E-state index in [2.05, 4.69) is 15.3 Å². The van der Waals surface area contributed by atoms with Crippen molar-refractivity contribution in [3.63, 3.8) is 0 Å². The lowest BCUT2D eigenvalue weighted by molar-refractivity contribution is 0.128. The summed E-state index contributed by atoms with van der Waals surface area (Å²) in [4.78, 5) is 23.8. The second-order valence-corrected chi connectivity index (χ2v) is 8.29. The zero-order valence-electron chi connectivity index (χ0n) is 18.6. The molecular formula is C25H26N4O4. The van der Waals surface area contributed by atoms with Crippen LogP contribution in [0.1, 0.15) is 17.4 Å². The van der Waals surface area contributed by atoms with Crippen molar-refractivity contribution in [1.82, 2.24) is 14.9 Å². The molecule has 2 aliphatic rings. The Morgan fingerprint density at radius 3 is 2.94 bits per heavy atom. The van der Waals surface area contributed by atoms with Gasteiger partial charge in [-0.2, -0.15) is 4.98 Å². The van der Waals surface area contributed by atoms with Gasteiger partial charge in [0.05, 0.1) is 26.4 Å². The summed E-state index contributed by atoms with van der Waals surface area (Å²) >= 11 is 0. The SMILES string of the molecule is COc1cccc(NC(=O)N2C[C@@H](COc3ccnc(C)n3)[C@@H]3COc4ccccc4[C@@H]32)c1. The minimum absolute atomic E-state index is 0.0923. The summed E-state index contributed by atoms with van der Waals surface area (Å²) < 4.78 is 17.3. The normalized spacial score (nSPS) is 20.9. The van der Waals surface area contributed by atoms with Gasteiger partial charge in [-0.25, -0.2) is 9.78 Å². The first-order valence-electron chi connectivity index (χ1n) is 11.0. The van der Waals surface area contributed by atoms with E-state index in [0.29, 0.717) is 42.9 Å². The lowest BCUT2D eigenvalue weighted by Gasteiger charge is -2.34. The van der Waals surface area contributed by atoms with Crippen LogP contribution in [0.5, 0.6) is 17.4 Å². The first-order valence-corrected chi connectivity index (χ1v) is 11.0. The molecule has 3 atom stereocenters. The van der Waals surface area contributed by atoms with E-state index in [1.807, 2.05) is 54.3 Å². The molecule has 33 heavy (non-hydrogen) atoms. The maximum absolute atomic E-state index is 13.4. The third-order valence-electron chi connectivity index (χ3n) is 6.22. The molecule has 1 aromatic heterocycles. The zero-order valence-corrected chi connectivity index (χ0v) is 18.6. The Bertz CT molecular complexity index is 1150. The van der Waals surface area contributed by atoms with Crippen molar-refractivity contribution in [2.45, 2.75) is 13.0 Å². The number of likely N-dealkylation sites (tertiary alicyclic amines) is 1. The molecule has 2 amide bonds. The van der Waals surface area contributed by atoms with Gasteiger partial charge in [-0.15, -0.1) is 0 Å². The molecule has 8 heteroatoms. The third kappa shape index (κ3) is 4.28. The number of benzene rings is 2. The van der Waals surface area contributed by atoms with Crippen LogP contribution in [0.3, 0.4) is 0 Å². The highest BCUT2D eigenvalue weighted by Gasteiger charge is 2.48. The predicted octanol–water partition coefficient (Wildman–Crippen LogP) is 4.09. The number of aromatic nitrogens is 2. The van der Waals surface area contributed by atoms with Crippen LogP contribution in [0.2, 0.25) is 0 Å². The van der Waals surface area contributed by atoms with Gasteiger partial charge in [0.25, 0.3) is 0 Å². The van der Waals surface area contributed by atoms with Crippen LogP contribution < -0.4 is 19.5 Å². The number of urea groups is 1. The highest BCUT2D eigenvalue weighted by Crippen LogP contribution is 2.47. The molecule has 3 heterocycles. The number of para-hydroxylation sites is 1. The highest BCUT2D eigenvalue weighted by molar-refractivity contribution is 5.90. The van der Waals surface area contributed by atoms with Crippen LogP contribution in [-0.4, -0.2) is 47.8 Å². The fraction of sp³-hybridized carbons (Fsp3) is 0.320. The smallest absolute Gasteiger partial charge is 0.322 e. The summed E-state index contributed by atoms with van der Waals surface area (Å²) in [5.74, 6) is 2.91. The summed E-state index contributed by atoms with van der Waals surface area (Å²) in [7, 11) is 1.61. The van der Waals surface area contributed by atoms with Gasteiger partial charge in [-0.1, -0.05) is 24.3 Å². The first-order chi connectivity index (χ1) is 16.1. The van der Waals surface area contributed by atoms with Gasteiger partial charge in [0, 0.05) is 48.0 Å². The van der Waals surface area contributed by atoms with Crippen molar-refractivity contribution in [2.75, 3.05) is 32.2 Å². The number of ether oxygens (including phenoxy) is 3. The van der Waals surface area contributed by atoms with Gasteiger partial charge in [0.2, 0.25) is 5.88 Å². The Hall–Kier alpha value is -3.81. The molecule has 3 aromatic rings. The van der Waals surface area contributed by atoms with Crippen LogP contribution in [0.25, 0.3) is 0 Å². The van der Waals surface area contributed by atoms with Gasteiger partial charge < -0.3 is 24.4 Å². The lowest BCUT2D eigenvalue weighted by Crippen LogP contribution is -2.38. The highest BCUT2D eigenvalue weighted by atomic mass is 16.5. The topological polar surface area (TPSA) is 85.8 Å². The summed E-state index contributed by atoms with van der Waals surface area (Å²) in [5.41, 5.74) is 1.71. The van der Waals surface area contributed by atoms with Crippen LogP contribution in [0.4, 0.5) is 10.5 Å². The summed E-state index contributed by atoms with van der Waals surface area (Å²) in [6, 6.07) is 16.8. The molecule has 5 rings (SSSR count). The van der Waals surface area contributed by atoms with Gasteiger partial charge >= 0.3 is 6.03 Å². The molecule has 0 saturated carbocycles. The molecular weight excluding hydrogens is 420 g/mol. The Labute approximate surface area is 192 Å². The number of carbonyl (C=O) groups excluding carboxylic acids is 1. The Kier molecular flexibility index (Phi) is 5.73.